The Morgan fingerprint density at radius 2 is 1.50 bits per heavy atom. The highest BCUT2D eigenvalue weighted by Crippen LogP contribution is 1.97. The molecule has 0 spiro atoms. The first-order chi connectivity index (χ1) is 5.61. The molecule has 0 saturated carbocycles. The molecule has 0 aliphatic carbocycles. The van der Waals surface area contributed by atoms with Gasteiger partial charge in [0, 0.05) is 0 Å². The van der Waals surface area contributed by atoms with Gasteiger partial charge >= 0.3 is 0 Å². The summed E-state index contributed by atoms with van der Waals surface area (Å²) in [7, 11) is 0. The van der Waals surface area contributed by atoms with Gasteiger partial charge in [0.2, 0.25) is 22.2 Å². The second kappa shape index (κ2) is 3.76. The highest BCUT2D eigenvalue weighted by Gasteiger charge is 2.08. The molecule has 0 saturated heterocycles. The summed E-state index contributed by atoms with van der Waals surface area (Å²) in [4.78, 5) is 9.86. The van der Waals surface area contributed by atoms with Gasteiger partial charge in [-0.25, -0.2) is 18.4 Å². The van der Waals surface area contributed by atoms with E-state index in [1.165, 1.54) is 0 Å². The topological polar surface area (TPSA) is 113 Å². The third-order valence-corrected chi connectivity index (χ3v) is 1.86. The molecule has 0 aliphatic heterocycles. The first kappa shape index (κ1) is 9.32. The van der Waals surface area contributed by atoms with Crippen molar-refractivity contribution in [2.75, 3.05) is 0 Å². The molecule has 0 amide bonds. The summed E-state index contributed by atoms with van der Waals surface area (Å²) in [6.45, 7) is 0. The lowest BCUT2D eigenvalue weighted by molar-refractivity contribution is 0.538. The van der Waals surface area contributed by atoms with Crippen LogP contribution in [0.3, 0.4) is 0 Å². The fraction of sp³-hybridized carbons (Fsp3) is 0. The minimum absolute atomic E-state index is 0.442. The molecular formula is C3H3N3O4S2. The van der Waals surface area contributed by atoms with Gasteiger partial charge in [-0.15, -0.1) is 0 Å². The van der Waals surface area contributed by atoms with E-state index in [1.807, 2.05) is 0 Å². The van der Waals surface area contributed by atoms with Crippen molar-refractivity contribution in [2.45, 2.75) is 10.3 Å². The van der Waals surface area contributed by atoms with Crippen molar-refractivity contribution >= 4 is 22.2 Å². The molecular weight excluding hydrogens is 206 g/mol. The second-order valence-corrected chi connectivity index (χ2v) is 3.28. The second-order valence-electron chi connectivity index (χ2n) is 1.55. The van der Waals surface area contributed by atoms with E-state index < -0.39 is 32.5 Å². The fourth-order valence-corrected chi connectivity index (χ4v) is 1.10. The maximum atomic E-state index is 10.4. The molecule has 1 aromatic heterocycles. The van der Waals surface area contributed by atoms with Gasteiger partial charge in [0.15, 0.2) is 0 Å². The van der Waals surface area contributed by atoms with Gasteiger partial charge in [0.05, 0.1) is 0 Å². The van der Waals surface area contributed by atoms with Crippen LogP contribution in [0.2, 0.25) is 0 Å². The molecule has 1 aromatic rings. The van der Waals surface area contributed by atoms with Gasteiger partial charge in [-0.3, -0.25) is 9.11 Å². The summed E-state index contributed by atoms with van der Waals surface area (Å²) >= 11 is -4.73. The molecule has 0 aromatic carbocycles. The molecule has 7 nitrogen and oxygen atoms in total. The van der Waals surface area contributed by atoms with Crippen LogP contribution in [0.25, 0.3) is 0 Å². The average molecular weight is 209 g/mol. The first-order valence-electron chi connectivity index (χ1n) is 2.52. The van der Waals surface area contributed by atoms with Gasteiger partial charge in [0.1, 0.15) is 6.33 Å². The van der Waals surface area contributed by atoms with Gasteiger partial charge in [-0.2, -0.15) is 4.98 Å². The Morgan fingerprint density at radius 1 is 1.08 bits per heavy atom. The molecule has 0 bridgehead atoms. The zero-order valence-corrected chi connectivity index (χ0v) is 7.08. The standard InChI is InChI=1S/C3H3N3O4S2/c7-11(8)2-4-1-5-3(6-2)12(9)10/h1H,(H,7,8)(H,9,10). The van der Waals surface area contributed by atoms with Crippen LogP contribution in [-0.4, -0.2) is 32.5 Å². The minimum atomic E-state index is -2.36. The monoisotopic (exact) mass is 209 g/mol. The SMILES string of the molecule is O=S(O)c1ncnc(S(=O)O)n1. The highest BCUT2D eigenvalue weighted by atomic mass is 32.2. The largest absolute Gasteiger partial charge is 0.300 e. The Labute approximate surface area is 71.8 Å². The van der Waals surface area contributed by atoms with Crippen LogP contribution in [0.5, 0.6) is 0 Å². The van der Waals surface area contributed by atoms with Crippen molar-refractivity contribution < 1.29 is 17.5 Å². The predicted octanol–water partition coefficient (Wildman–Crippen LogP) is -0.967. The van der Waals surface area contributed by atoms with Gasteiger partial charge in [-0.1, -0.05) is 0 Å². The third-order valence-electron chi connectivity index (χ3n) is 0.840. The molecule has 12 heavy (non-hydrogen) atoms. The first-order valence-corrected chi connectivity index (χ1v) is 4.73. The Morgan fingerprint density at radius 3 is 1.83 bits per heavy atom. The van der Waals surface area contributed by atoms with E-state index in [1.54, 1.807) is 0 Å². The average Bonchev–Trinajstić information content (AvgIpc) is 2.04. The molecule has 9 heteroatoms. The molecule has 2 unspecified atom stereocenters. The molecule has 2 atom stereocenters. The molecule has 66 valence electrons. The molecule has 0 fully saturated rings. The van der Waals surface area contributed by atoms with Crippen LogP contribution in [0.4, 0.5) is 0 Å². The number of hydrogen-bond acceptors (Lipinski definition) is 5. The van der Waals surface area contributed by atoms with Crippen LogP contribution in [0.15, 0.2) is 16.6 Å². The van der Waals surface area contributed by atoms with Gasteiger partial charge in [-0.05, 0) is 0 Å². The molecule has 1 heterocycles. The lowest BCUT2D eigenvalue weighted by Crippen LogP contribution is -2.04. The van der Waals surface area contributed by atoms with E-state index in [9.17, 15) is 8.42 Å². The number of rotatable bonds is 2. The molecule has 2 N–H and O–H groups in total. The van der Waals surface area contributed by atoms with Crippen LogP contribution in [0.1, 0.15) is 0 Å². The van der Waals surface area contributed by atoms with Crippen LogP contribution >= 0.6 is 0 Å². The van der Waals surface area contributed by atoms with Crippen LogP contribution < -0.4 is 0 Å². The van der Waals surface area contributed by atoms with Crippen LogP contribution in [-0.2, 0) is 22.2 Å². The third kappa shape index (κ3) is 2.11. The maximum Gasteiger partial charge on any atom is 0.250 e. The van der Waals surface area contributed by atoms with E-state index in [0.29, 0.717) is 0 Å². The minimum Gasteiger partial charge on any atom is -0.300 e. The van der Waals surface area contributed by atoms with Crippen molar-refractivity contribution in [3.05, 3.63) is 6.33 Å². The van der Waals surface area contributed by atoms with E-state index in [0.717, 1.165) is 6.33 Å². The number of nitrogens with zero attached hydrogens (tertiary/aromatic N) is 3. The summed E-state index contributed by atoms with van der Waals surface area (Å²) in [5, 5.41) is -0.884. The Hall–Kier alpha value is -0.770. The van der Waals surface area contributed by atoms with Crippen molar-refractivity contribution in [1.29, 1.82) is 0 Å². The smallest absolute Gasteiger partial charge is 0.250 e. The van der Waals surface area contributed by atoms with Crippen molar-refractivity contribution in [3.63, 3.8) is 0 Å². The van der Waals surface area contributed by atoms with Crippen molar-refractivity contribution in [2.24, 2.45) is 0 Å². The molecule has 0 radical (unpaired) electrons. The quantitative estimate of drug-likeness (QED) is 0.602. The van der Waals surface area contributed by atoms with E-state index in [-0.39, 0.29) is 0 Å². The fourth-order valence-electron chi connectivity index (χ4n) is 0.435. The van der Waals surface area contributed by atoms with Gasteiger partial charge < -0.3 is 0 Å². The van der Waals surface area contributed by atoms with E-state index in [2.05, 4.69) is 15.0 Å². The number of hydrogen-bond donors (Lipinski definition) is 2. The predicted molar refractivity (Wildman–Crippen MR) is 37.9 cm³/mol. The Kier molecular flexibility index (Phi) is 2.92. The zero-order valence-electron chi connectivity index (χ0n) is 5.45. The Bertz CT molecular complexity index is 313. The molecule has 0 aliphatic rings. The normalized spacial score (nSPS) is 15.5. The van der Waals surface area contributed by atoms with Crippen LogP contribution in [0, 0.1) is 0 Å². The zero-order chi connectivity index (χ0) is 9.14. The summed E-state index contributed by atoms with van der Waals surface area (Å²) in [5.74, 6) is 0. The summed E-state index contributed by atoms with van der Waals surface area (Å²) in [5.41, 5.74) is 0. The summed E-state index contributed by atoms with van der Waals surface area (Å²) in [6, 6.07) is 0. The lowest BCUT2D eigenvalue weighted by atomic mass is 11.1. The van der Waals surface area contributed by atoms with E-state index >= 15 is 0 Å². The maximum absolute atomic E-state index is 10.4. The van der Waals surface area contributed by atoms with Gasteiger partial charge in [0.25, 0.3) is 10.3 Å². The van der Waals surface area contributed by atoms with Crippen molar-refractivity contribution in [1.82, 2.24) is 15.0 Å². The summed E-state index contributed by atoms with van der Waals surface area (Å²) in [6.07, 6.45) is 0.889. The highest BCUT2D eigenvalue weighted by molar-refractivity contribution is 7.79. The Balaban J connectivity index is 3.12. The molecule has 1 rings (SSSR count). The summed E-state index contributed by atoms with van der Waals surface area (Å²) < 4.78 is 37.6. The number of aromatic nitrogens is 3. The van der Waals surface area contributed by atoms with Crippen molar-refractivity contribution in [3.8, 4) is 0 Å². The van der Waals surface area contributed by atoms with E-state index in [4.69, 9.17) is 9.11 Å². The lowest BCUT2D eigenvalue weighted by Gasteiger charge is -1.93.